The number of fused-ring (bicyclic) bond motifs is 2. The van der Waals surface area contributed by atoms with Crippen LogP contribution in [0.25, 0.3) is 0 Å². The number of rotatable bonds is 3. The van der Waals surface area contributed by atoms with E-state index in [1.54, 1.807) is 0 Å². The van der Waals surface area contributed by atoms with Crippen molar-refractivity contribution < 1.29 is 19.3 Å². The van der Waals surface area contributed by atoms with E-state index in [9.17, 15) is 9.90 Å². The lowest BCUT2D eigenvalue weighted by atomic mass is 9.78. The fourth-order valence-electron chi connectivity index (χ4n) is 4.36. The monoisotopic (exact) mass is 371 g/mol. The maximum atomic E-state index is 11.5. The third-order valence-electron chi connectivity index (χ3n) is 5.70. The second-order valence-electron chi connectivity index (χ2n) is 7.40. The van der Waals surface area contributed by atoms with Crippen molar-refractivity contribution in [1.82, 2.24) is 9.97 Å². The van der Waals surface area contributed by atoms with Crippen LogP contribution in [-0.2, 0) is 0 Å². The van der Waals surface area contributed by atoms with E-state index in [2.05, 4.69) is 14.9 Å². The number of aliphatic hydroxyl groups excluding tert-OH is 1. The first-order valence-corrected chi connectivity index (χ1v) is 9.20. The van der Waals surface area contributed by atoms with Crippen molar-refractivity contribution in [1.29, 1.82) is 0 Å². The molecule has 2 aliphatic heterocycles. The van der Waals surface area contributed by atoms with Crippen LogP contribution in [0.3, 0.4) is 0 Å². The van der Waals surface area contributed by atoms with Crippen molar-refractivity contribution in [2.45, 2.75) is 25.0 Å². The fraction of sp³-hybridized carbons (Fsp3) is 0.474. The summed E-state index contributed by atoms with van der Waals surface area (Å²) in [5.74, 6) is 3.52. The molecule has 0 spiro atoms. The number of anilines is 1. The molecule has 1 saturated heterocycles. The number of nitrogens with one attached hydrogen (secondary N) is 1. The maximum absolute atomic E-state index is 11.5. The summed E-state index contributed by atoms with van der Waals surface area (Å²) in [4.78, 5) is 20.5. The Labute approximate surface area is 155 Å². The lowest BCUT2D eigenvalue weighted by Crippen LogP contribution is -2.42. The molecule has 2 aromatic rings. The van der Waals surface area contributed by atoms with Gasteiger partial charge >= 0.3 is 0 Å². The van der Waals surface area contributed by atoms with Gasteiger partial charge in [-0.3, -0.25) is 4.79 Å². The highest BCUT2D eigenvalue weighted by molar-refractivity contribution is 5.47. The van der Waals surface area contributed by atoms with Gasteiger partial charge in [0, 0.05) is 25.2 Å². The van der Waals surface area contributed by atoms with E-state index in [1.165, 1.54) is 12.4 Å². The van der Waals surface area contributed by atoms with Gasteiger partial charge in [0.1, 0.15) is 17.7 Å². The Balaban J connectivity index is 1.28. The summed E-state index contributed by atoms with van der Waals surface area (Å²) in [5, 5.41) is 10.6. The van der Waals surface area contributed by atoms with Gasteiger partial charge in [0.05, 0.1) is 12.4 Å². The first-order valence-electron chi connectivity index (χ1n) is 9.20. The van der Waals surface area contributed by atoms with Crippen LogP contribution in [0.2, 0.25) is 0 Å². The number of hydrogen-bond acceptors (Lipinski definition) is 7. The van der Waals surface area contributed by atoms with E-state index in [0.717, 1.165) is 19.5 Å². The summed E-state index contributed by atoms with van der Waals surface area (Å²) >= 11 is 0. The van der Waals surface area contributed by atoms with E-state index >= 15 is 0 Å². The van der Waals surface area contributed by atoms with Crippen LogP contribution in [0.5, 0.6) is 17.2 Å². The van der Waals surface area contributed by atoms with Gasteiger partial charge in [0.15, 0.2) is 11.5 Å². The third-order valence-corrected chi connectivity index (χ3v) is 5.70. The molecule has 2 N–H and O–H groups in total. The molecule has 142 valence electrons. The molecule has 5 rings (SSSR count). The molecule has 0 radical (unpaired) electrons. The second kappa shape index (κ2) is 6.45. The quantitative estimate of drug-likeness (QED) is 0.835. The summed E-state index contributed by atoms with van der Waals surface area (Å²) in [6.07, 6.45) is 2.09. The normalized spacial score (nSPS) is 28.9. The molecule has 1 saturated carbocycles. The van der Waals surface area contributed by atoms with E-state index in [4.69, 9.17) is 14.2 Å². The minimum absolute atomic E-state index is 0.154. The van der Waals surface area contributed by atoms with Crippen molar-refractivity contribution in [2.24, 2.45) is 11.8 Å². The van der Waals surface area contributed by atoms with Crippen LogP contribution < -0.4 is 24.7 Å². The zero-order valence-corrected chi connectivity index (χ0v) is 14.7. The van der Waals surface area contributed by atoms with Crippen LogP contribution in [0, 0.1) is 11.8 Å². The molecule has 1 aliphatic carbocycles. The fourth-order valence-corrected chi connectivity index (χ4v) is 4.36. The Morgan fingerprint density at radius 3 is 2.81 bits per heavy atom. The Morgan fingerprint density at radius 1 is 1.15 bits per heavy atom. The van der Waals surface area contributed by atoms with E-state index in [-0.39, 0.29) is 18.5 Å². The molecule has 3 aliphatic rings. The first kappa shape index (κ1) is 16.4. The molecule has 0 amide bonds. The number of ether oxygens (including phenoxy) is 3. The van der Waals surface area contributed by atoms with E-state index < -0.39 is 6.10 Å². The second-order valence-corrected chi connectivity index (χ2v) is 7.40. The highest BCUT2D eigenvalue weighted by Crippen LogP contribution is 2.40. The predicted molar refractivity (Wildman–Crippen MR) is 96.3 cm³/mol. The lowest BCUT2D eigenvalue weighted by molar-refractivity contribution is -0.0232. The summed E-state index contributed by atoms with van der Waals surface area (Å²) in [5.41, 5.74) is -0.154. The molecule has 27 heavy (non-hydrogen) atoms. The standard InChI is InChI=1S/C19H21N3O5/c23-14-3-11-7-22(18-6-19(24)21-9-20-18)8-12(11)4-16(14)27-13-1-2-15-17(5-13)26-10-25-15/h1-2,5-6,9,11-12,14,16,23H,3-4,7-8,10H2,(H,20,21,24)/t11-,12+,14+,16+/m0/s1. The van der Waals surface area contributed by atoms with Crippen LogP contribution in [0.15, 0.2) is 35.4 Å². The summed E-state index contributed by atoms with van der Waals surface area (Å²) in [6.45, 7) is 1.84. The molecule has 2 fully saturated rings. The van der Waals surface area contributed by atoms with Crippen molar-refractivity contribution in [3.63, 3.8) is 0 Å². The molecular weight excluding hydrogens is 350 g/mol. The summed E-state index contributed by atoms with van der Waals surface area (Å²) in [6, 6.07) is 7.00. The third kappa shape index (κ3) is 3.10. The molecule has 1 aromatic heterocycles. The van der Waals surface area contributed by atoms with Crippen molar-refractivity contribution >= 4 is 5.82 Å². The molecule has 3 heterocycles. The van der Waals surface area contributed by atoms with Gasteiger partial charge in [0.25, 0.3) is 5.56 Å². The summed E-state index contributed by atoms with van der Waals surface area (Å²) in [7, 11) is 0. The molecular formula is C19H21N3O5. The minimum Gasteiger partial charge on any atom is -0.488 e. The van der Waals surface area contributed by atoms with Gasteiger partial charge in [-0.1, -0.05) is 0 Å². The number of benzene rings is 1. The van der Waals surface area contributed by atoms with Gasteiger partial charge in [-0.2, -0.15) is 0 Å². The number of aromatic nitrogens is 2. The largest absolute Gasteiger partial charge is 0.488 e. The van der Waals surface area contributed by atoms with Crippen LogP contribution in [0.4, 0.5) is 5.82 Å². The molecule has 0 bridgehead atoms. The zero-order chi connectivity index (χ0) is 18.4. The smallest absolute Gasteiger partial charge is 0.252 e. The number of H-pyrrole nitrogens is 1. The Kier molecular flexibility index (Phi) is 3.93. The van der Waals surface area contributed by atoms with Gasteiger partial charge in [-0.15, -0.1) is 0 Å². The molecule has 1 aromatic carbocycles. The van der Waals surface area contributed by atoms with Gasteiger partial charge in [-0.25, -0.2) is 4.98 Å². The summed E-state index contributed by atoms with van der Waals surface area (Å²) < 4.78 is 16.8. The van der Waals surface area contributed by atoms with Gasteiger partial charge < -0.3 is 29.2 Å². The Morgan fingerprint density at radius 2 is 1.96 bits per heavy atom. The molecule has 4 atom stereocenters. The van der Waals surface area contributed by atoms with Crippen molar-refractivity contribution in [2.75, 3.05) is 24.8 Å². The average Bonchev–Trinajstić information content (AvgIpc) is 3.28. The average molecular weight is 371 g/mol. The SMILES string of the molecule is O=c1cc(N2C[C@H]3C[C@@H](Oc4ccc5c(c4)OCO5)[C@H](O)C[C@H]3C2)nc[nH]1. The van der Waals surface area contributed by atoms with Crippen LogP contribution in [-0.4, -0.2) is 47.2 Å². The number of aromatic amines is 1. The topological polar surface area (TPSA) is 96.9 Å². The number of nitrogens with zero attached hydrogens (tertiary/aromatic N) is 2. The van der Waals surface area contributed by atoms with E-state index in [0.29, 0.717) is 41.3 Å². The molecule has 8 nitrogen and oxygen atoms in total. The maximum Gasteiger partial charge on any atom is 0.252 e. The van der Waals surface area contributed by atoms with Crippen LogP contribution in [0.1, 0.15) is 12.8 Å². The number of hydrogen-bond donors (Lipinski definition) is 2. The highest BCUT2D eigenvalue weighted by Gasteiger charge is 2.43. The zero-order valence-electron chi connectivity index (χ0n) is 14.7. The van der Waals surface area contributed by atoms with Crippen molar-refractivity contribution in [3.05, 3.63) is 40.9 Å². The van der Waals surface area contributed by atoms with Gasteiger partial charge in [0.2, 0.25) is 6.79 Å². The van der Waals surface area contributed by atoms with E-state index in [1.807, 2.05) is 18.2 Å². The Hall–Kier alpha value is -2.74. The van der Waals surface area contributed by atoms with Crippen LogP contribution >= 0.6 is 0 Å². The Bertz CT molecular complexity index is 901. The molecule has 8 heteroatoms. The number of aliphatic hydroxyl groups is 1. The predicted octanol–water partition coefficient (Wildman–Crippen LogP) is 1.15. The highest BCUT2D eigenvalue weighted by atomic mass is 16.7. The minimum atomic E-state index is -0.524. The van der Waals surface area contributed by atoms with Crippen molar-refractivity contribution in [3.8, 4) is 17.2 Å². The lowest BCUT2D eigenvalue weighted by Gasteiger charge is -2.35. The first-order chi connectivity index (χ1) is 13.2. The van der Waals surface area contributed by atoms with Gasteiger partial charge in [-0.05, 0) is 36.8 Å². The molecule has 0 unspecified atom stereocenters.